The second-order valence-corrected chi connectivity index (χ2v) is 9.69. The number of hydrogen-bond donors (Lipinski definition) is 2. The van der Waals surface area contributed by atoms with Crippen molar-refractivity contribution in [3.8, 4) is 5.75 Å². The van der Waals surface area contributed by atoms with Crippen molar-refractivity contribution >= 4 is 11.8 Å². The summed E-state index contributed by atoms with van der Waals surface area (Å²) in [6, 6.07) is 11.7. The van der Waals surface area contributed by atoms with Crippen molar-refractivity contribution in [1.82, 2.24) is 9.88 Å². The van der Waals surface area contributed by atoms with Crippen LogP contribution in [0.3, 0.4) is 0 Å². The van der Waals surface area contributed by atoms with Gasteiger partial charge in [0, 0.05) is 44.9 Å². The van der Waals surface area contributed by atoms with Gasteiger partial charge in [-0.15, -0.1) is 0 Å². The van der Waals surface area contributed by atoms with Crippen molar-refractivity contribution < 1.29 is 23.8 Å². The summed E-state index contributed by atoms with van der Waals surface area (Å²) in [5.41, 5.74) is 1.76. The first-order chi connectivity index (χ1) is 16.9. The zero-order valence-corrected chi connectivity index (χ0v) is 20.5. The number of likely N-dealkylation sites (tertiary alicyclic amines) is 1. The van der Waals surface area contributed by atoms with Crippen LogP contribution in [0.2, 0.25) is 0 Å². The van der Waals surface area contributed by atoms with Gasteiger partial charge >= 0.3 is 5.97 Å². The smallest absolute Gasteiger partial charge is 0.304 e. The van der Waals surface area contributed by atoms with E-state index in [1.807, 2.05) is 30.3 Å². The van der Waals surface area contributed by atoms with Gasteiger partial charge in [0.25, 0.3) is 0 Å². The topological polar surface area (TPSA) is 83.9 Å². The molecule has 8 heteroatoms. The van der Waals surface area contributed by atoms with E-state index < -0.39 is 11.6 Å². The molecule has 0 aliphatic carbocycles. The third kappa shape index (κ3) is 7.15. The first-order valence-corrected chi connectivity index (χ1v) is 12.5. The lowest BCUT2D eigenvalue weighted by Crippen LogP contribution is -2.32. The summed E-state index contributed by atoms with van der Waals surface area (Å²) in [4.78, 5) is 18.4. The Kier molecular flexibility index (Phi) is 8.57. The lowest BCUT2D eigenvalue weighted by atomic mass is 9.94. The Morgan fingerprint density at radius 1 is 1.31 bits per heavy atom. The van der Waals surface area contributed by atoms with Crippen molar-refractivity contribution in [1.29, 1.82) is 0 Å². The number of alkyl halides is 1. The number of carboxylic acids is 1. The van der Waals surface area contributed by atoms with Gasteiger partial charge in [0.15, 0.2) is 0 Å². The minimum Gasteiger partial charge on any atom is -0.491 e. The summed E-state index contributed by atoms with van der Waals surface area (Å²) < 4.78 is 26.4. The number of hydrogen-bond acceptors (Lipinski definition) is 6. The van der Waals surface area contributed by atoms with E-state index in [1.54, 1.807) is 7.11 Å². The Morgan fingerprint density at radius 3 is 3.03 bits per heavy atom. The van der Waals surface area contributed by atoms with Crippen LogP contribution >= 0.6 is 0 Å². The highest BCUT2D eigenvalue weighted by Crippen LogP contribution is 2.33. The fourth-order valence-electron chi connectivity index (χ4n) is 5.05. The average Bonchev–Trinajstić information content (AvgIpc) is 3.23. The molecule has 2 aliphatic heterocycles. The predicted molar refractivity (Wildman–Crippen MR) is 133 cm³/mol. The number of anilines is 1. The van der Waals surface area contributed by atoms with Crippen molar-refractivity contribution in [2.24, 2.45) is 0 Å². The summed E-state index contributed by atoms with van der Waals surface area (Å²) in [6.45, 7) is 3.28. The monoisotopic (exact) mass is 485 g/mol. The van der Waals surface area contributed by atoms with E-state index in [1.165, 1.54) is 5.56 Å². The van der Waals surface area contributed by atoms with Crippen LogP contribution in [0.1, 0.15) is 48.4 Å². The molecule has 2 aromatic rings. The summed E-state index contributed by atoms with van der Waals surface area (Å²) in [5, 5.41) is 12.8. The number of aromatic nitrogens is 1. The van der Waals surface area contributed by atoms with Gasteiger partial charge in [-0.1, -0.05) is 18.2 Å². The largest absolute Gasteiger partial charge is 0.491 e. The second-order valence-electron chi connectivity index (χ2n) is 9.69. The van der Waals surface area contributed by atoms with Gasteiger partial charge in [0.1, 0.15) is 23.8 Å². The van der Waals surface area contributed by atoms with Crippen LogP contribution < -0.4 is 10.1 Å². The van der Waals surface area contributed by atoms with Crippen LogP contribution in [0.5, 0.6) is 5.75 Å². The maximum atomic E-state index is 15.7. The maximum absolute atomic E-state index is 15.7. The van der Waals surface area contributed by atoms with Gasteiger partial charge < -0.3 is 19.9 Å². The van der Waals surface area contributed by atoms with Gasteiger partial charge in [-0.3, -0.25) is 9.69 Å². The Labute approximate surface area is 206 Å². The number of halogens is 1. The van der Waals surface area contributed by atoms with E-state index in [2.05, 4.69) is 16.3 Å². The molecule has 2 aliphatic rings. The van der Waals surface area contributed by atoms with E-state index in [4.69, 9.17) is 14.5 Å². The molecule has 1 aromatic carbocycles. The maximum Gasteiger partial charge on any atom is 0.304 e. The van der Waals surface area contributed by atoms with E-state index in [0.29, 0.717) is 57.9 Å². The van der Waals surface area contributed by atoms with E-state index in [9.17, 15) is 9.90 Å². The van der Waals surface area contributed by atoms with Crippen LogP contribution in [-0.2, 0) is 22.4 Å². The van der Waals surface area contributed by atoms with Gasteiger partial charge in [0.05, 0.1) is 13.0 Å². The number of nitrogens with one attached hydrogen (secondary N) is 1. The summed E-state index contributed by atoms with van der Waals surface area (Å²) in [5.74, 6) is 0.524. The van der Waals surface area contributed by atoms with Crippen LogP contribution in [-0.4, -0.2) is 73.1 Å². The molecule has 0 amide bonds. The molecule has 2 N–H and O–H groups in total. The molecule has 2 atom stereocenters. The van der Waals surface area contributed by atoms with Gasteiger partial charge in [0.2, 0.25) is 0 Å². The molecule has 1 aromatic heterocycles. The van der Waals surface area contributed by atoms with Crippen molar-refractivity contribution in [3.63, 3.8) is 0 Å². The number of aryl methyl sites for hydroxylation is 2. The Bertz CT molecular complexity index is 1000. The third-order valence-electron chi connectivity index (χ3n) is 6.95. The molecule has 0 spiro atoms. The normalized spacial score (nSPS) is 20.7. The SMILES string of the molecule is COCCOc1cccc([C@@H](CC(=O)O)CN2CC[C@](F)(CCc3ccc4c(n3)NCCC4)C2)c1. The molecule has 7 nitrogen and oxygen atoms in total. The molecule has 0 unspecified atom stereocenters. The number of pyridine rings is 1. The molecule has 3 heterocycles. The number of carbonyl (C=O) groups is 1. The van der Waals surface area contributed by atoms with Crippen molar-refractivity contribution in [2.75, 3.05) is 51.8 Å². The molecule has 190 valence electrons. The number of methoxy groups -OCH3 is 1. The molecule has 0 saturated carbocycles. The number of nitrogens with zero attached hydrogens (tertiary/aromatic N) is 2. The summed E-state index contributed by atoms with van der Waals surface area (Å²) in [7, 11) is 1.62. The van der Waals surface area contributed by atoms with E-state index >= 15 is 4.39 Å². The molecule has 1 fully saturated rings. The lowest BCUT2D eigenvalue weighted by Gasteiger charge is -2.25. The number of fused-ring (bicyclic) bond motifs is 1. The highest BCUT2D eigenvalue weighted by Gasteiger charge is 2.39. The number of rotatable bonds is 12. The quantitative estimate of drug-likeness (QED) is 0.439. The second kappa shape index (κ2) is 11.8. The van der Waals surface area contributed by atoms with E-state index in [-0.39, 0.29) is 12.3 Å². The van der Waals surface area contributed by atoms with Crippen LogP contribution in [0, 0.1) is 0 Å². The summed E-state index contributed by atoms with van der Waals surface area (Å²) in [6.07, 6.45) is 3.61. The molecule has 4 rings (SSSR count). The molecule has 1 saturated heterocycles. The van der Waals surface area contributed by atoms with Gasteiger partial charge in [-0.2, -0.15) is 0 Å². The van der Waals surface area contributed by atoms with Gasteiger partial charge in [-0.25, -0.2) is 9.37 Å². The minimum absolute atomic E-state index is 0.0106. The van der Waals surface area contributed by atoms with Crippen LogP contribution in [0.15, 0.2) is 36.4 Å². The van der Waals surface area contributed by atoms with Crippen LogP contribution in [0.4, 0.5) is 10.2 Å². The predicted octanol–water partition coefficient (Wildman–Crippen LogP) is 4.07. The lowest BCUT2D eigenvalue weighted by molar-refractivity contribution is -0.137. The zero-order chi connectivity index (χ0) is 24.7. The molecule has 0 bridgehead atoms. The first-order valence-electron chi connectivity index (χ1n) is 12.5. The zero-order valence-electron chi connectivity index (χ0n) is 20.5. The van der Waals surface area contributed by atoms with Crippen molar-refractivity contribution in [2.45, 2.75) is 50.1 Å². The van der Waals surface area contributed by atoms with Gasteiger partial charge in [-0.05, 0) is 61.4 Å². The third-order valence-corrected chi connectivity index (χ3v) is 6.95. The summed E-state index contributed by atoms with van der Waals surface area (Å²) >= 11 is 0. The first kappa shape index (κ1) is 25.4. The fraction of sp³-hybridized carbons (Fsp3) is 0.556. The number of aliphatic carboxylic acids is 1. The highest BCUT2D eigenvalue weighted by molar-refractivity contribution is 5.68. The average molecular weight is 486 g/mol. The number of carboxylic acid groups (broad SMARTS) is 1. The molecule has 35 heavy (non-hydrogen) atoms. The van der Waals surface area contributed by atoms with Crippen molar-refractivity contribution in [3.05, 3.63) is 53.2 Å². The minimum atomic E-state index is -1.29. The Morgan fingerprint density at radius 2 is 2.20 bits per heavy atom. The van der Waals surface area contributed by atoms with E-state index in [0.717, 1.165) is 36.5 Å². The fourth-order valence-corrected chi connectivity index (χ4v) is 5.05. The number of ether oxygens (including phenoxy) is 2. The molecule has 0 radical (unpaired) electrons. The Hall–Kier alpha value is -2.71. The van der Waals surface area contributed by atoms with Crippen LogP contribution in [0.25, 0.3) is 0 Å². The number of benzene rings is 1. The standard InChI is InChI=1S/C27H36FN3O4/c1-34-14-15-35-24-6-2-4-21(16-24)22(17-25(32)33)18-31-13-11-27(28,19-31)10-9-23-8-7-20-5-3-12-29-26(20)30-23/h2,4,6-8,16,22H,3,5,9-15,17-19H2,1H3,(H,29,30)(H,32,33)/t22-,27+/m0/s1. The molecular formula is C27H36FN3O4. The Balaban J connectivity index is 1.35. The molecular weight excluding hydrogens is 449 g/mol. The highest BCUT2D eigenvalue weighted by atomic mass is 19.1.